The van der Waals surface area contributed by atoms with Crippen molar-refractivity contribution in [2.24, 2.45) is 5.41 Å². The summed E-state index contributed by atoms with van der Waals surface area (Å²) in [5.41, 5.74) is 6.45. The molecular formula is C35H31NO. The van der Waals surface area contributed by atoms with Crippen LogP contribution in [0.3, 0.4) is 0 Å². The van der Waals surface area contributed by atoms with Crippen molar-refractivity contribution >= 4 is 21.9 Å². The van der Waals surface area contributed by atoms with Crippen molar-refractivity contribution in [1.29, 1.82) is 0 Å². The molecule has 0 spiro atoms. The maximum Gasteiger partial charge on any atom is 0.144 e. The molecule has 0 unspecified atom stereocenters. The van der Waals surface area contributed by atoms with E-state index in [-0.39, 0.29) is 5.56 Å². The number of para-hydroxylation sites is 2. The molecule has 2 heteroatoms. The fraction of sp³-hybridized carbons (Fsp3) is 0.171. The third-order valence-corrected chi connectivity index (χ3v) is 6.51. The maximum absolute atomic E-state index is 8.64. The Kier molecular flexibility index (Phi) is 4.43. The molecule has 4 aromatic carbocycles. The van der Waals surface area contributed by atoms with E-state index in [1.54, 1.807) is 18.3 Å². The van der Waals surface area contributed by atoms with Crippen molar-refractivity contribution in [1.82, 2.24) is 4.98 Å². The number of hydrogen-bond donors (Lipinski definition) is 0. The van der Waals surface area contributed by atoms with Crippen molar-refractivity contribution in [2.45, 2.75) is 34.0 Å². The molecule has 0 aliphatic carbocycles. The van der Waals surface area contributed by atoms with Gasteiger partial charge in [-0.25, -0.2) is 0 Å². The second-order valence-corrected chi connectivity index (χ2v) is 10.4. The molecule has 0 aliphatic rings. The van der Waals surface area contributed by atoms with Gasteiger partial charge in [0, 0.05) is 29.4 Å². The molecule has 182 valence electrons. The lowest BCUT2D eigenvalue weighted by molar-refractivity contribution is 0.411. The number of rotatable bonds is 4. The number of furan rings is 1. The van der Waals surface area contributed by atoms with Crippen LogP contribution in [0.25, 0.3) is 55.4 Å². The monoisotopic (exact) mass is 486 g/mol. The van der Waals surface area contributed by atoms with E-state index in [2.05, 4.69) is 17.1 Å². The van der Waals surface area contributed by atoms with Crippen LogP contribution in [0.15, 0.2) is 108 Å². The van der Waals surface area contributed by atoms with Crippen LogP contribution in [0.5, 0.6) is 0 Å². The molecule has 2 nitrogen and oxygen atoms in total. The number of fused-ring (bicyclic) bond motifs is 3. The van der Waals surface area contributed by atoms with Gasteiger partial charge < -0.3 is 4.42 Å². The van der Waals surface area contributed by atoms with E-state index in [0.29, 0.717) is 11.1 Å². The van der Waals surface area contributed by atoms with Crippen LogP contribution in [-0.2, 0) is 6.37 Å². The van der Waals surface area contributed by atoms with Gasteiger partial charge in [0.2, 0.25) is 0 Å². The standard InChI is InChI=1S/C35H31NO/c1-23-20-24(22-35(2,3)4)12-17-28(23)26-15-13-25(14-16-26)27-18-19-36-32(21-27)31-10-7-9-30-29-8-5-6-11-33(29)37-34(30)31/h5-21H,22H2,1-4H3/i1D3,22D2. The first-order valence-electron chi connectivity index (χ1n) is 15.0. The normalized spacial score (nSPS) is 14.6. The van der Waals surface area contributed by atoms with Crippen molar-refractivity contribution in [3.05, 3.63) is 114 Å². The van der Waals surface area contributed by atoms with Crippen molar-refractivity contribution in [3.63, 3.8) is 0 Å². The molecule has 0 aliphatic heterocycles. The van der Waals surface area contributed by atoms with Crippen molar-refractivity contribution in [2.75, 3.05) is 0 Å². The van der Waals surface area contributed by atoms with Gasteiger partial charge in [-0.05, 0) is 76.3 Å². The Morgan fingerprint density at radius 3 is 2.35 bits per heavy atom. The lowest BCUT2D eigenvalue weighted by atomic mass is 9.86. The molecule has 37 heavy (non-hydrogen) atoms. The Morgan fingerprint density at radius 1 is 0.757 bits per heavy atom. The Balaban J connectivity index is 1.37. The summed E-state index contributed by atoms with van der Waals surface area (Å²) in [5, 5.41) is 2.12. The predicted molar refractivity (Wildman–Crippen MR) is 156 cm³/mol. The summed E-state index contributed by atoms with van der Waals surface area (Å²) in [5.74, 6) is 0. The van der Waals surface area contributed by atoms with Gasteiger partial charge in [-0.3, -0.25) is 4.98 Å². The van der Waals surface area contributed by atoms with Gasteiger partial charge in [-0.15, -0.1) is 0 Å². The van der Waals surface area contributed by atoms with Gasteiger partial charge >= 0.3 is 0 Å². The molecule has 0 N–H and O–H groups in total. The Hall–Kier alpha value is -4.17. The van der Waals surface area contributed by atoms with Gasteiger partial charge in [0.05, 0.1) is 5.69 Å². The second kappa shape index (κ2) is 9.05. The number of pyridine rings is 1. The molecule has 0 amide bonds. The lowest BCUT2D eigenvalue weighted by Crippen LogP contribution is -2.09. The van der Waals surface area contributed by atoms with Crippen LogP contribution in [-0.4, -0.2) is 4.98 Å². The first kappa shape index (κ1) is 18.1. The molecule has 6 rings (SSSR count). The highest BCUT2D eigenvalue weighted by atomic mass is 16.3. The highest BCUT2D eigenvalue weighted by Gasteiger charge is 2.14. The van der Waals surface area contributed by atoms with Crippen LogP contribution < -0.4 is 0 Å². The Bertz CT molecular complexity index is 1930. The molecule has 0 fully saturated rings. The minimum absolute atomic E-state index is 0.144. The molecular weight excluding hydrogens is 450 g/mol. The number of aryl methyl sites for hydroxylation is 1. The summed E-state index contributed by atoms with van der Waals surface area (Å²) in [6.07, 6.45) is 0.0931. The Morgan fingerprint density at radius 2 is 1.54 bits per heavy atom. The highest BCUT2D eigenvalue weighted by Crippen LogP contribution is 2.36. The summed E-state index contributed by atoms with van der Waals surface area (Å²) in [7, 11) is 0. The topological polar surface area (TPSA) is 26.0 Å². The minimum atomic E-state index is -2.39. The highest BCUT2D eigenvalue weighted by molar-refractivity contribution is 6.09. The number of nitrogens with zero attached hydrogens (tertiary/aromatic N) is 1. The first-order chi connectivity index (χ1) is 19.8. The molecule has 2 heterocycles. The van der Waals surface area contributed by atoms with E-state index in [1.807, 2.05) is 87.5 Å². The number of hydrogen-bond acceptors (Lipinski definition) is 2. The predicted octanol–water partition coefficient (Wildman–Crippen LogP) is 9.88. The van der Waals surface area contributed by atoms with Crippen molar-refractivity contribution in [3.8, 4) is 33.5 Å². The molecule has 0 saturated carbocycles. The van der Waals surface area contributed by atoms with Crippen LogP contribution in [0.4, 0.5) is 0 Å². The first-order valence-corrected chi connectivity index (χ1v) is 12.5. The van der Waals surface area contributed by atoms with E-state index < -0.39 is 18.6 Å². The van der Waals surface area contributed by atoms with E-state index in [1.165, 1.54) is 6.07 Å². The summed E-state index contributed by atoms with van der Waals surface area (Å²) < 4.78 is 48.1. The average Bonchev–Trinajstić information content (AvgIpc) is 3.35. The van der Waals surface area contributed by atoms with E-state index in [0.717, 1.165) is 49.9 Å². The van der Waals surface area contributed by atoms with E-state index in [4.69, 9.17) is 11.3 Å². The van der Waals surface area contributed by atoms with Crippen LogP contribution in [0.2, 0.25) is 0 Å². The second-order valence-electron chi connectivity index (χ2n) is 10.4. The van der Waals surface area contributed by atoms with Gasteiger partial charge in [0.1, 0.15) is 11.2 Å². The summed E-state index contributed by atoms with van der Waals surface area (Å²) >= 11 is 0. The number of aromatic nitrogens is 1. The third-order valence-electron chi connectivity index (χ3n) is 6.51. The molecule has 0 saturated heterocycles. The Labute approximate surface area is 225 Å². The summed E-state index contributed by atoms with van der Waals surface area (Å²) in [6, 6.07) is 30.8. The molecule has 0 atom stereocenters. The van der Waals surface area contributed by atoms with Gasteiger partial charge in [0.25, 0.3) is 0 Å². The lowest BCUT2D eigenvalue weighted by Gasteiger charge is -2.19. The largest absolute Gasteiger partial charge is 0.455 e. The fourth-order valence-corrected chi connectivity index (χ4v) is 4.86. The molecule has 6 aromatic rings. The smallest absolute Gasteiger partial charge is 0.144 e. The molecule has 0 bridgehead atoms. The van der Waals surface area contributed by atoms with Crippen LogP contribution in [0, 0.1) is 12.3 Å². The van der Waals surface area contributed by atoms with Crippen molar-refractivity contribution < 1.29 is 11.3 Å². The fourth-order valence-electron chi connectivity index (χ4n) is 4.86. The van der Waals surface area contributed by atoms with Crippen LogP contribution in [0.1, 0.15) is 38.8 Å². The zero-order valence-electron chi connectivity index (χ0n) is 26.2. The quantitative estimate of drug-likeness (QED) is 0.248. The van der Waals surface area contributed by atoms with E-state index >= 15 is 0 Å². The number of benzene rings is 4. The van der Waals surface area contributed by atoms with Gasteiger partial charge in [-0.2, -0.15) is 0 Å². The molecule has 0 radical (unpaired) electrons. The maximum atomic E-state index is 8.64. The van der Waals surface area contributed by atoms with Gasteiger partial charge in [0.15, 0.2) is 0 Å². The minimum Gasteiger partial charge on any atom is -0.455 e. The molecule has 2 aromatic heterocycles. The average molecular weight is 487 g/mol. The van der Waals surface area contributed by atoms with Crippen LogP contribution >= 0.6 is 0 Å². The zero-order valence-corrected chi connectivity index (χ0v) is 21.2. The van der Waals surface area contributed by atoms with E-state index in [9.17, 15) is 0 Å². The third kappa shape index (κ3) is 4.56. The summed E-state index contributed by atoms with van der Waals surface area (Å²) in [4.78, 5) is 4.65. The zero-order chi connectivity index (χ0) is 29.9. The van der Waals surface area contributed by atoms with Gasteiger partial charge in [-0.1, -0.05) is 93.6 Å². The SMILES string of the molecule is [2H]C([2H])([2H])c1cc(C([2H])([2H])C(C)(C)C)ccc1-c1ccc(-c2ccnc(-c3cccc4c3oc3ccccc34)c2)cc1. The summed E-state index contributed by atoms with van der Waals surface area (Å²) in [6.45, 7) is 3.05.